The second-order valence-corrected chi connectivity index (χ2v) is 6.92. The Hall–Kier alpha value is -3.74. The zero-order valence-corrected chi connectivity index (χ0v) is 17.2. The summed E-state index contributed by atoms with van der Waals surface area (Å²) in [6, 6.07) is 17.4. The molecule has 2 N–H and O–H groups in total. The van der Waals surface area contributed by atoms with Gasteiger partial charge in [0, 0.05) is 18.2 Å². The van der Waals surface area contributed by atoms with Crippen LogP contribution in [-0.4, -0.2) is 21.6 Å². The van der Waals surface area contributed by atoms with E-state index in [1.165, 1.54) is 13.0 Å². The maximum Gasteiger partial charge on any atom is 0.291 e. The molecule has 0 aliphatic rings. The number of aryl methyl sites for hydroxylation is 1. The molecule has 0 fully saturated rings. The number of nitrogens with zero attached hydrogens (tertiary/aromatic N) is 2. The third-order valence-electron chi connectivity index (χ3n) is 4.72. The topological polar surface area (TPSA) is 93.1 Å². The monoisotopic (exact) mass is 404 g/mol. The summed E-state index contributed by atoms with van der Waals surface area (Å²) in [6.07, 6.45) is 0.763. The summed E-state index contributed by atoms with van der Waals surface area (Å²) in [5, 5.41) is 9.83. The Balaban J connectivity index is 2.01. The third kappa shape index (κ3) is 4.63. The summed E-state index contributed by atoms with van der Waals surface area (Å²) < 4.78 is 1.11. The first-order chi connectivity index (χ1) is 14.4. The number of benzene rings is 2. The van der Waals surface area contributed by atoms with Gasteiger partial charge in [0.05, 0.1) is 5.69 Å². The molecular formula is C23H24N4O3. The Morgan fingerprint density at radius 3 is 2.33 bits per heavy atom. The second-order valence-electron chi connectivity index (χ2n) is 6.92. The largest absolute Gasteiger partial charge is 0.324 e. The molecule has 2 aromatic carbocycles. The molecule has 0 saturated carbocycles. The van der Waals surface area contributed by atoms with Crippen molar-refractivity contribution in [3.05, 3.63) is 76.6 Å². The fraction of sp³-hybridized carbons (Fsp3) is 0.217. The van der Waals surface area contributed by atoms with Crippen LogP contribution in [0.4, 0.5) is 11.4 Å². The average Bonchev–Trinajstić information content (AvgIpc) is 2.75. The molecule has 3 aromatic rings. The SMILES string of the molecule is CCc1ccccc1NC(=O)[C@H](C)n1nc(-c2ccccc2)cc(NC(C)=O)c1=O. The molecule has 154 valence electrons. The van der Waals surface area contributed by atoms with Crippen LogP contribution in [0.25, 0.3) is 11.3 Å². The van der Waals surface area contributed by atoms with Crippen LogP contribution in [0.3, 0.4) is 0 Å². The molecule has 0 aliphatic heterocycles. The molecule has 0 aliphatic carbocycles. The minimum absolute atomic E-state index is 0.0740. The minimum Gasteiger partial charge on any atom is -0.324 e. The number of anilines is 2. The Morgan fingerprint density at radius 2 is 1.67 bits per heavy atom. The van der Waals surface area contributed by atoms with Gasteiger partial charge < -0.3 is 10.6 Å². The summed E-state index contributed by atoms with van der Waals surface area (Å²) in [7, 11) is 0. The Kier molecular flexibility index (Phi) is 6.41. The van der Waals surface area contributed by atoms with E-state index in [0.717, 1.165) is 22.2 Å². The van der Waals surface area contributed by atoms with Crippen molar-refractivity contribution >= 4 is 23.2 Å². The van der Waals surface area contributed by atoms with E-state index in [0.29, 0.717) is 11.4 Å². The zero-order valence-electron chi connectivity index (χ0n) is 17.2. The van der Waals surface area contributed by atoms with Crippen molar-refractivity contribution < 1.29 is 9.59 Å². The van der Waals surface area contributed by atoms with Crippen LogP contribution in [0.2, 0.25) is 0 Å². The van der Waals surface area contributed by atoms with Crippen molar-refractivity contribution in [1.82, 2.24) is 9.78 Å². The van der Waals surface area contributed by atoms with Crippen molar-refractivity contribution in [2.75, 3.05) is 10.6 Å². The summed E-state index contributed by atoms with van der Waals surface area (Å²) in [5.41, 5.74) is 2.47. The normalized spacial score (nSPS) is 11.6. The van der Waals surface area contributed by atoms with Crippen molar-refractivity contribution in [1.29, 1.82) is 0 Å². The van der Waals surface area contributed by atoms with Gasteiger partial charge in [0.15, 0.2) is 0 Å². The molecule has 0 saturated heterocycles. The highest BCUT2D eigenvalue weighted by Gasteiger charge is 2.21. The molecule has 1 heterocycles. The third-order valence-corrected chi connectivity index (χ3v) is 4.72. The van der Waals surface area contributed by atoms with Crippen LogP contribution in [0.5, 0.6) is 0 Å². The molecular weight excluding hydrogens is 380 g/mol. The Labute approximate surface area is 174 Å². The van der Waals surface area contributed by atoms with E-state index >= 15 is 0 Å². The van der Waals surface area contributed by atoms with Gasteiger partial charge >= 0.3 is 0 Å². The Bertz CT molecular complexity index is 1120. The fourth-order valence-corrected chi connectivity index (χ4v) is 3.10. The zero-order chi connectivity index (χ0) is 21.7. The molecule has 0 bridgehead atoms. The quantitative estimate of drug-likeness (QED) is 0.656. The fourth-order valence-electron chi connectivity index (χ4n) is 3.10. The van der Waals surface area contributed by atoms with E-state index in [4.69, 9.17) is 0 Å². The second kappa shape index (κ2) is 9.17. The van der Waals surface area contributed by atoms with Crippen LogP contribution in [0.15, 0.2) is 65.5 Å². The highest BCUT2D eigenvalue weighted by Crippen LogP contribution is 2.20. The number of hydrogen-bond acceptors (Lipinski definition) is 4. The average molecular weight is 404 g/mol. The molecule has 1 atom stereocenters. The summed E-state index contributed by atoms with van der Waals surface area (Å²) in [5.74, 6) is -0.748. The number of carbonyl (C=O) groups is 2. The van der Waals surface area contributed by atoms with Gasteiger partial charge in [-0.1, -0.05) is 55.5 Å². The molecule has 2 amide bonds. The van der Waals surface area contributed by atoms with Crippen LogP contribution < -0.4 is 16.2 Å². The minimum atomic E-state index is -0.890. The van der Waals surface area contributed by atoms with Crippen LogP contribution in [0, 0.1) is 0 Å². The van der Waals surface area contributed by atoms with E-state index in [2.05, 4.69) is 15.7 Å². The molecule has 30 heavy (non-hydrogen) atoms. The van der Waals surface area contributed by atoms with Gasteiger partial charge in [-0.15, -0.1) is 0 Å². The first-order valence-electron chi connectivity index (χ1n) is 9.76. The van der Waals surface area contributed by atoms with E-state index < -0.39 is 11.6 Å². The molecule has 7 heteroatoms. The van der Waals surface area contributed by atoms with Gasteiger partial charge in [-0.3, -0.25) is 14.4 Å². The number of para-hydroxylation sites is 1. The molecule has 7 nitrogen and oxygen atoms in total. The number of rotatable bonds is 6. The van der Waals surface area contributed by atoms with E-state index in [9.17, 15) is 14.4 Å². The maximum atomic E-state index is 12.9. The molecule has 3 rings (SSSR count). The first kappa shape index (κ1) is 21.0. The molecule has 0 spiro atoms. The predicted molar refractivity (Wildman–Crippen MR) is 117 cm³/mol. The van der Waals surface area contributed by atoms with Gasteiger partial charge in [0.1, 0.15) is 11.7 Å². The van der Waals surface area contributed by atoms with Gasteiger partial charge in [-0.2, -0.15) is 5.10 Å². The molecule has 0 radical (unpaired) electrons. The van der Waals surface area contributed by atoms with Crippen molar-refractivity contribution in [3.8, 4) is 11.3 Å². The Morgan fingerprint density at radius 1 is 1.00 bits per heavy atom. The molecule has 1 aromatic heterocycles. The number of carbonyl (C=O) groups excluding carboxylic acids is 2. The highest BCUT2D eigenvalue weighted by atomic mass is 16.2. The first-order valence-corrected chi connectivity index (χ1v) is 9.76. The lowest BCUT2D eigenvalue weighted by Crippen LogP contribution is -2.35. The highest BCUT2D eigenvalue weighted by molar-refractivity contribution is 5.94. The molecule has 0 unspecified atom stereocenters. The smallest absolute Gasteiger partial charge is 0.291 e. The summed E-state index contributed by atoms with van der Waals surface area (Å²) >= 11 is 0. The van der Waals surface area contributed by atoms with Crippen molar-refractivity contribution in [3.63, 3.8) is 0 Å². The van der Waals surface area contributed by atoms with Gasteiger partial charge in [0.2, 0.25) is 11.8 Å². The number of aromatic nitrogens is 2. The lowest BCUT2D eigenvalue weighted by molar-refractivity contribution is -0.119. The number of hydrogen-bond donors (Lipinski definition) is 2. The lowest BCUT2D eigenvalue weighted by atomic mass is 10.1. The van der Waals surface area contributed by atoms with E-state index in [1.54, 1.807) is 6.92 Å². The van der Waals surface area contributed by atoms with E-state index in [1.807, 2.05) is 61.5 Å². The van der Waals surface area contributed by atoms with Gasteiger partial charge in [-0.05, 0) is 31.0 Å². The standard InChI is InChI=1S/C23H24N4O3/c1-4-17-10-8-9-13-19(17)25-22(29)15(2)27-23(30)21(24-16(3)28)14-20(26-27)18-11-6-5-7-12-18/h5-15H,4H2,1-3H3,(H,24,28)(H,25,29)/t15-/m0/s1. The van der Waals surface area contributed by atoms with E-state index in [-0.39, 0.29) is 17.5 Å². The summed E-state index contributed by atoms with van der Waals surface area (Å²) in [6.45, 7) is 4.93. The number of nitrogens with one attached hydrogen (secondary N) is 2. The van der Waals surface area contributed by atoms with Gasteiger partial charge in [0.25, 0.3) is 5.56 Å². The van der Waals surface area contributed by atoms with Crippen LogP contribution >= 0.6 is 0 Å². The predicted octanol–water partition coefficient (Wildman–Crippen LogP) is 3.63. The van der Waals surface area contributed by atoms with Crippen LogP contribution in [-0.2, 0) is 16.0 Å². The number of amides is 2. The summed E-state index contributed by atoms with van der Waals surface area (Å²) in [4.78, 5) is 37.4. The van der Waals surface area contributed by atoms with Gasteiger partial charge in [-0.25, -0.2) is 4.68 Å². The van der Waals surface area contributed by atoms with Crippen LogP contribution in [0.1, 0.15) is 32.4 Å². The van der Waals surface area contributed by atoms with Crippen molar-refractivity contribution in [2.24, 2.45) is 0 Å². The lowest BCUT2D eigenvalue weighted by Gasteiger charge is -2.18. The van der Waals surface area contributed by atoms with Crippen molar-refractivity contribution in [2.45, 2.75) is 33.2 Å². The maximum absolute atomic E-state index is 12.9.